The van der Waals surface area contributed by atoms with Gasteiger partial charge in [0.1, 0.15) is 11.4 Å². The number of aromatic carboxylic acids is 2. The van der Waals surface area contributed by atoms with E-state index in [1.54, 1.807) is 0 Å². The maximum atomic E-state index is 9.99. The molecule has 92 valence electrons. The molecule has 0 aliphatic carbocycles. The van der Waals surface area contributed by atoms with Crippen LogP contribution in [0.25, 0.3) is 0 Å². The van der Waals surface area contributed by atoms with Crippen molar-refractivity contribution in [2.75, 3.05) is 0 Å². The summed E-state index contributed by atoms with van der Waals surface area (Å²) in [6.45, 7) is 0. The van der Waals surface area contributed by atoms with E-state index in [9.17, 15) is 19.8 Å². The average molecular weight is 292 g/mol. The second-order valence-electron chi connectivity index (χ2n) is 2.76. The third-order valence-electron chi connectivity index (χ3n) is 1.54. The van der Waals surface area contributed by atoms with E-state index in [-0.39, 0.29) is 70.5 Å². The van der Waals surface area contributed by atoms with Gasteiger partial charge in [0, 0.05) is 24.8 Å². The monoisotopic (exact) mass is 292 g/mol. The summed E-state index contributed by atoms with van der Waals surface area (Å²) >= 11 is 0. The van der Waals surface area contributed by atoms with Crippen molar-refractivity contribution < 1.29 is 78.9 Å². The Morgan fingerprint density at radius 1 is 0.750 bits per heavy atom. The molecule has 2 heterocycles. The summed E-state index contributed by atoms with van der Waals surface area (Å²) < 4.78 is 0. The van der Waals surface area contributed by atoms with Crippen molar-refractivity contribution in [1.82, 2.24) is 19.9 Å². The third kappa shape index (κ3) is 8.31. The van der Waals surface area contributed by atoms with E-state index >= 15 is 0 Å². The van der Waals surface area contributed by atoms with Gasteiger partial charge >= 0.3 is 59.1 Å². The Hall–Kier alpha value is -0.900. The fourth-order valence-corrected chi connectivity index (χ4v) is 0.809. The summed E-state index contributed by atoms with van der Waals surface area (Å²) in [5.74, 6) is -2.61. The Bertz CT molecular complexity index is 478. The number of hydrogen-bond donors (Lipinski definition) is 0. The van der Waals surface area contributed by atoms with Gasteiger partial charge in [-0.2, -0.15) is 0 Å². The summed E-state index contributed by atoms with van der Waals surface area (Å²) in [6.07, 6.45) is 7.65. The smallest absolute Gasteiger partial charge is 0.543 e. The molecule has 0 radical (unpaired) electrons. The Morgan fingerprint density at radius 3 is 1.25 bits per heavy atom. The maximum Gasteiger partial charge on any atom is 1.00 e. The minimum atomic E-state index is -1.30. The first-order valence-corrected chi connectivity index (χ1v) is 4.56. The summed E-state index contributed by atoms with van der Waals surface area (Å²) in [5.41, 5.74) is -0.282. The second kappa shape index (κ2) is 11.9. The summed E-state index contributed by atoms with van der Waals surface area (Å²) in [4.78, 5) is 33.9. The third-order valence-corrected chi connectivity index (χ3v) is 1.54. The minimum absolute atomic E-state index is 0. The molecule has 2 aromatic rings. The quantitative estimate of drug-likeness (QED) is 0.498. The molecule has 0 unspecified atom stereocenters. The van der Waals surface area contributed by atoms with Crippen molar-refractivity contribution in [3.05, 3.63) is 48.6 Å². The molecule has 0 N–H and O–H groups in total. The molecule has 20 heavy (non-hydrogen) atoms. The zero-order chi connectivity index (χ0) is 13.4. The molecule has 0 aliphatic heterocycles. The van der Waals surface area contributed by atoms with Crippen LogP contribution in [0.2, 0.25) is 0 Å². The maximum absolute atomic E-state index is 9.99. The molecule has 0 atom stereocenters. The minimum Gasteiger partial charge on any atom is -0.543 e. The first-order chi connectivity index (χ1) is 8.61. The fourth-order valence-electron chi connectivity index (χ4n) is 0.809. The molecule has 0 bridgehead atoms. The van der Waals surface area contributed by atoms with Crippen molar-refractivity contribution in [1.29, 1.82) is 0 Å². The molecule has 8 nitrogen and oxygen atoms in total. The normalized spacial score (nSPS) is 8.00. The van der Waals surface area contributed by atoms with Crippen molar-refractivity contribution in [2.45, 2.75) is 0 Å². The van der Waals surface area contributed by atoms with E-state index in [0.717, 1.165) is 12.4 Å². The fraction of sp³-hybridized carbons (Fsp3) is 0. The van der Waals surface area contributed by atoms with E-state index in [1.807, 2.05) is 0 Å². The zero-order valence-electron chi connectivity index (χ0n) is 10.9. The molecule has 0 fully saturated rings. The van der Waals surface area contributed by atoms with Crippen LogP contribution in [0.15, 0.2) is 37.2 Å². The van der Waals surface area contributed by atoms with Gasteiger partial charge in [-0.25, -0.2) is 0 Å². The van der Waals surface area contributed by atoms with Crippen LogP contribution in [-0.2, 0) is 0 Å². The number of carboxylic acid groups (broad SMARTS) is 2. The Kier molecular flexibility index (Phi) is 12.7. The number of carbonyl (C=O) groups excluding carboxylic acids is 2. The van der Waals surface area contributed by atoms with E-state index in [4.69, 9.17) is 0 Å². The molecule has 0 spiro atoms. The molecule has 0 saturated carbocycles. The van der Waals surface area contributed by atoms with Gasteiger partial charge in [-0.3, -0.25) is 19.9 Å². The van der Waals surface area contributed by atoms with Crippen LogP contribution in [-0.4, -0.2) is 31.9 Å². The van der Waals surface area contributed by atoms with E-state index in [2.05, 4.69) is 19.9 Å². The average Bonchev–Trinajstić information content (AvgIpc) is 2.41. The number of carboxylic acids is 2. The van der Waals surface area contributed by atoms with E-state index in [0.29, 0.717) is 0 Å². The van der Waals surface area contributed by atoms with Gasteiger partial charge in [0.05, 0.1) is 24.3 Å². The zero-order valence-corrected chi connectivity index (χ0v) is 14.9. The topological polar surface area (TPSA) is 132 Å². The molecule has 0 amide bonds. The van der Waals surface area contributed by atoms with Gasteiger partial charge in [-0.1, -0.05) is 0 Å². The number of carbonyl (C=O) groups is 2. The molecule has 0 aliphatic rings. The standard InChI is InChI=1S/2C5H4N2O2.2Na/c2*8-5(9)4-3-6-1-2-7-4;;/h2*1-3H,(H,8,9);;/q;;2*+1/p-2. The molecule has 0 aromatic carbocycles. The van der Waals surface area contributed by atoms with Gasteiger partial charge in [-0.05, 0) is 0 Å². The predicted molar refractivity (Wildman–Crippen MR) is 52.7 cm³/mol. The van der Waals surface area contributed by atoms with Gasteiger partial charge in [0.2, 0.25) is 0 Å². The van der Waals surface area contributed by atoms with Crippen LogP contribution in [0.4, 0.5) is 0 Å². The summed E-state index contributed by atoms with van der Waals surface area (Å²) in [5, 5.41) is 20.0. The van der Waals surface area contributed by atoms with Crippen molar-refractivity contribution in [3.63, 3.8) is 0 Å². The van der Waals surface area contributed by atoms with Crippen molar-refractivity contribution >= 4 is 11.9 Å². The van der Waals surface area contributed by atoms with Crippen LogP contribution >= 0.6 is 0 Å². The van der Waals surface area contributed by atoms with Crippen LogP contribution in [0.5, 0.6) is 0 Å². The Labute approximate surface area is 158 Å². The van der Waals surface area contributed by atoms with Gasteiger partial charge in [0.25, 0.3) is 0 Å². The number of hydrogen-bond acceptors (Lipinski definition) is 8. The summed E-state index contributed by atoms with van der Waals surface area (Å²) in [7, 11) is 0. The molecule has 0 saturated heterocycles. The van der Waals surface area contributed by atoms with Crippen molar-refractivity contribution in [3.8, 4) is 0 Å². The van der Waals surface area contributed by atoms with Crippen LogP contribution < -0.4 is 69.3 Å². The first-order valence-electron chi connectivity index (χ1n) is 4.56. The van der Waals surface area contributed by atoms with E-state index < -0.39 is 11.9 Å². The largest absolute Gasteiger partial charge is 1.00 e. The molecule has 2 aromatic heterocycles. The van der Waals surface area contributed by atoms with Gasteiger partial charge in [-0.15, -0.1) is 0 Å². The number of nitrogens with zero attached hydrogens (tertiary/aromatic N) is 4. The number of rotatable bonds is 2. The van der Waals surface area contributed by atoms with Crippen LogP contribution in [0.3, 0.4) is 0 Å². The SMILES string of the molecule is O=C([O-])c1cnccn1.O=C([O-])c1cnccn1.[Na+].[Na+]. The Balaban J connectivity index is 0. The van der Waals surface area contributed by atoms with E-state index in [1.165, 1.54) is 24.8 Å². The van der Waals surface area contributed by atoms with Crippen molar-refractivity contribution in [2.24, 2.45) is 0 Å². The number of aromatic nitrogens is 4. The first kappa shape index (κ1) is 21.4. The summed E-state index contributed by atoms with van der Waals surface area (Å²) in [6, 6.07) is 0. The Morgan fingerprint density at radius 2 is 1.10 bits per heavy atom. The van der Waals surface area contributed by atoms with Crippen LogP contribution in [0, 0.1) is 0 Å². The molecule has 2 rings (SSSR count). The predicted octanol–water partition coefficient (Wildman–Crippen LogP) is -8.31. The molecule has 10 heteroatoms. The molecular formula is C10H6N4Na2O4. The van der Waals surface area contributed by atoms with Gasteiger partial charge in [0.15, 0.2) is 0 Å². The second-order valence-corrected chi connectivity index (χ2v) is 2.76. The molecular weight excluding hydrogens is 286 g/mol. The van der Waals surface area contributed by atoms with Crippen LogP contribution in [0.1, 0.15) is 21.0 Å². The van der Waals surface area contributed by atoms with Gasteiger partial charge < -0.3 is 19.8 Å².